The molecule has 2 rings (SSSR count). The number of carbonyl (C=O) groups excluding carboxylic acids is 2. The number of Topliss-reactive ketones (excluding diaryl/α,β-unsaturated/α-hetero) is 1. The van der Waals surface area contributed by atoms with Crippen LogP contribution >= 0.6 is 11.6 Å². The lowest BCUT2D eigenvalue weighted by atomic mass is 10.1. The number of hydrogen-bond donors (Lipinski definition) is 0. The van der Waals surface area contributed by atoms with Crippen molar-refractivity contribution < 1.29 is 19.1 Å². The monoisotopic (exact) mass is 332 g/mol. The van der Waals surface area contributed by atoms with Crippen LogP contribution in [0.4, 0.5) is 0 Å². The molecule has 120 valence electrons. The second kappa shape index (κ2) is 7.79. The van der Waals surface area contributed by atoms with Gasteiger partial charge in [-0.3, -0.25) is 4.79 Å². The molecule has 2 aromatic rings. The molecule has 0 unspecified atom stereocenters. The van der Waals surface area contributed by atoms with E-state index in [1.807, 2.05) is 6.07 Å². The quantitative estimate of drug-likeness (QED) is 0.594. The van der Waals surface area contributed by atoms with E-state index >= 15 is 0 Å². The molecular weight excluding hydrogens is 316 g/mol. The molecule has 0 aromatic heterocycles. The number of hydrogen-bond acceptors (Lipinski definition) is 4. The van der Waals surface area contributed by atoms with Crippen LogP contribution < -0.4 is 4.74 Å². The molecule has 0 bridgehead atoms. The molecule has 0 saturated carbocycles. The molecule has 0 aliphatic carbocycles. The molecular formula is C18H17ClO4. The summed E-state index contributed by atoms with van der Waals surface area (Å²) in [5, 5.41) is 0.578. The molecule has 0 spiro atoms. The van der Waals surface area contributed by atoms with E-state index in [1.165, 1.54) is 0 Å². The number of rotatable bonds is 6. The maximum Gasteiger partial charge on any atom is 0.347 e. The van der Waals surface area contributed by atoms with Gasteiger partial charge in [0.15, 0.2) is 12.2 Å². The van der Waals surface area contributed by atoms with Gasteiger partial charge in [-0.2, -0.15) is 0 Å². The lowest BCUT2D eigenvalue weighted by Gasteiger charge is -2.17. The first kappa shape index (κ1) is 17.0. The van der Waals surface area contributed by atoms with Crippen molar-refractivity contribution in [1.29, 1.82) is 0 Å². The van der Waals surface area contributed by atoms with E-state index in [1.54, 1.807) is 62.4 Å². The third-order valence-electron chi connectivity index (χ3n) is 3.18. The SMILES string of the molecule is C[C@H](Oc1ccc(Cl)cc1)C(=O)O[C@@H](C)C(=O)c1ccccc1. The van der Waals surface area contributed by atoms with E-state index in [9.17, 15) is 9.59 Å². The van der Waals surface area contributed by atoms with Gasteiger partial charge < -0.3 is 9.47 Å². The Morgan fingerprint density at radius 2 is 1.52 bits per heavy atom. The van der Waals surface area contributed by atoms with Crippen molar-refractivity contribution in [1.82, 2.24) is 0 Å². The predicted octanol–water partition coefficient (Wildman–Crippen LogP) is 3.92. The molecule has 23 heavy (non-hydrogen) atoms. The summed E-state index contributed by atoms with van der Waals surface area (Å²) in [6.45, 7) is 3.11. The molecule has 0 aliphatic rings. The average molecular weight is 333 g/mol. The fourth-order valence-corrected chi connectivity index (χ4v) is 2.05. The van der Waals surface area contributed by atoms with Gasteiger partial charge >= 0.3 is 5.97 Å². The Morgan fingerprint density at radius 3 is 2.13 bits per heavy atom. The van der Waals surface area contributed by atoms with Crippen molar-refractivity contribution in [3.05, 3.63) is 65.2 Å². The number of esters is 1. The topological polar surface area (TPSA) is 52.6 Å². The molecule has 0 radical (unpaired) electrons. The van der Waals surface area contributed by atoms with Gasteiger partial charge in [-0.05, 0) is 38.1 Å². The van der Waals surface area contributed by atoms with Crippen LogP contribution in [0.2, 0.25) is 5.02 Å². The van der Waals surface area contributed by atoms with Crippen molar-refractivity contribution in [2.45, 2.75) is 26.1 Å². The molecule has 2 aromatic carbocycles. The van der Waals surface area contributed by atoms with Gasteiger partial charge in [0.2, 0.25) is 5.78 Å². The van der Waals surface area contributed by atoms with E-state index in [4.69, 9.17) is 21.1 Å². The van der Waals surface area contributed by atoms with Crippen LogP contribution in [0.1, 0.15) is 24.2 Å². The Hall–Kier alpha value is -2.33. The first-order valence-electron chi connectivity index (χ1n) is 7.19. The maximum atomic E-state index is 12.2. The summed E-state index contributed by atoms with van der Waals surface area (Å²) < 4.78 is 10.7. The zero-order valence-electron chi connectivity index (χ0n) is 12.9. The highest BCUT2D eigenvalue weighted by Gasteiger charge is 2.23. The van der Waals surface area contributed by atoms with Crippen molar-refractivity contribution in [3.8, 4) is 5.75 Å². The molecule has 5 heteroatoms. The van der Waals surface area contributed by atoms with Crippen LogP contribution in [0.3, 0.4) is 0 Å². The Labute approximate surface area is 140 Å². The fourth-order valence-electron chi connectivity index (χ4n) is 1.93. The van der Waals surface area contributed by atoms with Gasteiger partial charge in [0, 0.05) is 10.6 Å². The van der Waals surface area contributed by atoms with E-state index in [-0.39, 0.29) is 5.78 Å². The van der Waals surface area contributed by atoms with Crippen molar-refractivity contribution in [3.63, 3.8) is 0 Å². The van der Waals surface area contributed by atoms with Gasteiger partial charge in [0.25, 0.3) is 0 Å². The van der Waals surface area contributed by atoms with Crippen molar-refractivity contribution >= 4 is 23.4 Å². The minimum atomic E-state index is -0.874. The van der Waals surface area contributed by atoms with Crippen LogP contribution in [-0.2, 0) is 9.53 Å². The van der Waals surface area contributed by atoms with Gasteiger partial charge in [-0.1, -0.05) is 41.9 Å². The van der Waals surface area contributed by atoms with E-state index in [0.29, 0.717) is 16.3 Å². The summed E-state index contributed by atoms with van der Waals surface area (Å²) in [5.74, 6) is -0.352. The number of ketones is 1. The van der Waals surface area contributed by atoms with E-state index < -0.39 is 18.2 Å². The van der Waals surface area contributed by atoms with Gasteiger partial charge in [-0.25, -0.2) is 4.79 Å². The molecule has 2 atom stereocenters. The Bertz CT molecular complexity index is 667. The minimum absolute atomic E-state index is 0.252. The van der Waals surface area contributed by atoms with Crippen molar-refractivity contribution in [2.24, 2.45) is 0 Å². The highest BCUT2D eigenvalue weighted by Crippen LogP contribution is 2.17. The van der Waals surface area contributed by atoms with Crippen LogP contribution in [0.25, 0.3) is 0 Å². The lowest BCUT2D eigenvalue weighted by molar-refractivity contribution is -0.153. The number of ether oxygens (including phenoxy) is 2. The highest BCUT2D eigenvalue weighted by atomic mass is 35.5. The summed E-state index contributed by atoms with van der Waals surface area (Å²) in [4.78, 5) is 24.2. The van der Waals surface area contributed by atoms with E-state index in [2.05, 4.69) is 0 Å². The summed E-state index contributed by atoms with van der Waals surface area (Å²) in [6, 6.07) is 15.3. The Morgan fingerprint density at radius 1 is 0.913 bits per heavy atom. The Kier molecular flexibility index (Phi) is 5.77. The average Bonchev–Trinajstić information content (AvgIpc) is 2.56. The predicted molar refractivity (Wildman–Crippen MR) is 87.9 cm³/mol. The molecule has 0 amide bonds. The third-order valence-corrected chi connectivity index (χ3v) is 3.43. The summed E-state index contributed by atoms with van der Waals surface area (Å²) in [6.07, 6.45) is -1.71. The zero-order chi connectivity index (χ0) is 16.8. The van der Waals surface area contributed by atoms with Crippen LogP contribution in [0, 0.1) is 0 Å². The van der Waals surface area contributed by atoms with Crippen LogP contribution in [-0.4, -0.2) is 24.0 Å². The van der Waals surface area contributed by atoms with Gasteiger partial charge in [0.05, 0.1) is 0 Å². The standard InChI is InChI=1S/C18H17ClO4/c1-12(17(20)14-6-4-3-5-7-14)23-18(21)13(2)22-16-10-8-15(19)9-11-16/h3-13H,1-2H3/t12-,13-/m0/s1. The number of carbonyl (C=O) groups is 2. The van der Waals surface area contributed by atoms with Crippen LogP contribution in [0.5, 0.6) is 5.75 Å². The van der Waals surface area contributed by atoms with Crippen molar-refractivity contribution in [2.75, 3.05) is 0 Å². The highest BCUT2D eigenvalue weighted by molar-refractivity contribution is 6.30. The largest absolute Gasteiger partial charge is 0.479 e. The van der Waals surface area contributed by atoms with Gasteiger partial charge in [-0.15, -0.1) is 0 Å². The molecule has 0 aliphatic heterocycles. The fraction of sp³-hybridized carbons (Fsp3) is 0.222. The molecule has 0 fully saturated rings. The molecule has 0 heterocycles. The smallest absolute Gasteiger partial charge is 0.347 e. The first-order valence-corrected chi connectivity index (χ1v) is 7.57. The summed E-state index contributed by atoms with van der Waals surface area (Å²) in [7, 11) is 0. The van der Waals surface area contributed by atoms with Gasteiger partial charge in [0.1, 0.15) is 5.75 Å². The van der Waals surface area contributed by atoms with Crippen LogP contribution in [0.15, 0.2) is 54.6 Å². The minimum Gasteiger partial charge on any atom is -0.479 e. The normalized spacial score (nSPS) is 13.0. The summed E-state index contributed by atoms with van der Waals surface area (Å²) >= 11 is 5.79. The number of benzene rings is 2. The molecule has 4 nitrogen and oxygen atoms in total. The summed E-state index contributed by atoms with van der Waals surface area (Å²) in [5.41, 5.74) is 0.499. The molecule has 0 N–H and O–H groups in total. The second-order valence-electron chi connectivity index (χ2n) is 5.02. The second-order valence-corrected chi connectivity index (χ2v) is 5.46. The molecule has 0 saturated heterocycles. The maximum absolute atomic E-state index is 12.2. The zero-order valence-corrected chi connectivity index (χ0v) is 13.6. The number of halogens is 1. The third kappa shape index (κ3) is 4.83. The first-order chi connectivity index (χ1) is 11.0. The Balaban J connectivity index is 1.92. The lowest BCUT2D eigenvalue weighted by Crippen LogP contribution is -2.32. The van der Waals surface area contributed by atoms with E-state index in [0.717, 1.165) is 0 Å².